The van der Waals surface area contributed by atoms with Crippen molar-refractivity contribution in [1.82, 2.24) is 9.55 Å². The Labute approximate surface area is 162 Å². The van der Waals surface area contributed by atoms with E-state index in [0.29, 0.717) is 28.7 Å². The van der Waals surface area contributed by atoms with Crippen LogP contribution in [0.1, 0.15) is 27.7 Å². The molecule has 25 heavy (non-hydrogen) atoms. The van der Waals surface area contributed by atoms with Gasteiger partial charge in [-0.1, -0.05) is 0 Å². The second-order valence-corrected chi connectivity index (χ2v) is 8.99. The Bertz CT molecular complexity index is 784. The SMILES string of the molecule is COc1cc(-c2cnn(PI)c2)c(F)cc1B1OC(C)(C)C(C)(C)O1. The summed E-state index contributed by atoms with van der Waals surface area (Å²) >= 11 is 2.22. The molecule has 0 amide bonds. The minimum atomic E-state index is -0.679. The molecule has 1 aromatic heterocycles. The molecule has 1 unspecified atom stereocenters. The van der Waals surface area contributed by atoms with Crippen LogP contribution in [0, 0.1) is 5.82 Å². The van der Waals surface area contributed by atoms with Crippen LogP contribution in [0.3, 0.4) is 0 Å². The third kappa shape index (κ3) is 3.46. The number of ether oxygens (including phenoxy) is 1. The molecule has 2 aromatic rings. The average molecular weight is 476 g/mol. The first kappa shape index (κ1) is 19.1. The molecule has 9 heteroatoms. The van der Waals surface area contributed by atoms with E-state index in [9.17, 15) is 4.39 Å². The van der Waals surface area contributed by atoms with Gasteiger partial charge >= 0.3 is 7.12 Å². The fraction of sp³-hybridized carbons (Fsp3) is 0.438. The highest BCUT2D eigenvalue weighted by atomic mass is 127. The maximum atomic E-state index is 14.8. The predicted octanol–water partition coefficient (Wildman–Crippen LogP) is 3.79. The van der Waals surface area contributed by atoms with Crippen molar-refractivity contribution in [2.24, 2.45) is 0 Å². The quantitative estimate of drug-likeness (QED) is 0.383. The molecule has 0 aliphatic carbocycles. The summed E-state index contributed by atoms with van der Waals surface area (Å²) in [7, 11) is 0.878. The van der Waals surface area contributed by atoms with Gasteiger partial charge in [0, 0.05) is 22.8 Å². The highest BCUT2D eigenvalue weighted by Gasteiger charge is 2.52. The van der Waals surface area contributed by atoms with Crippen LogP contribution in [-0.2, 0) is 9.31 Å². The summed E-state index contributed by atoms with van der Waals surface area (Å²) in [5, 5.41) is 4.21. The molecule has 1 aliphatic heterocycles. The molecule has 0 N–H and O–H groups in total. The van der Waals surface area contributed by atoms with Gasteiger partial charge in [-0.15, -0.1) is 0 Å². The number of halogens is 2. The van der Waals surface area contributed by atoms with Crippen molar-refractivity contribution in [1.29, 1.82) is 0 Å². The normalized spacial score (nSPS) is 19.1. The van der Waals surface area contributed by atoms with Gasteiger partial charge in [0.15, 0.2) is 0 Å². The van der Waals surface area contributed by atoms with Gasteiger partial charge < -0.3 is 14.0 Å². The van der Waals surface area contributed by atoms with Crippen molar-refractivity contribution in [2.45, 2.75) is 38.9 Å². The molecule has 0 bridgehead atoms. The number of rotatable bonds is 4. The Hall–Kier alpha value is -0.695. The van der Waals surface area contributed by atoms with Crippen LogP contribution < -0.4 is 10.2 Å². The lowest BCUT2D eigenvalue weighted by Crippen LogP contribution is -2.41. The average Bonchev–Trinajstić information content (AvgIpc) is 3.09. The molecule has 134 valence electrons. The maximum Gasteiger partial charge on any atom is 0.498 e. The summed E-state index contributed by atoms with van der Waals surface area (Å²) in [4.78, 5) is 0. The van der Waals surface area contributed by atoms with E-state index in [1.165, 1.54) is 6.07 Å². The molecule has 1 atom stereocenters. The molecule has 0 saturated carbocycles. The number of methoxy groups -OCH3 is 1. The minimum absolute atomic E-state index is 0.359. The molecule has 5 nitrogen and oxygen atoms in total. The monoisotopic (exact) mass is 476 g/mol. The van der Waals surface area contributed by atoms with E-state index in [1.54, 1.807) is 23.8 Å². The molecule has 0 spiro atoms. The Morgan fingerprint density at radius 3 is 2.40 bits per heavy atom. The van der Waals surface area contributed by atoms with Crippen LogP contribution in [0.2, 0.25) is 0 Å². The number of nitrogens with zero attached hydrogens (tertiary/aromatic N) is 2. The molecular formula is C16H20BFIN2O3P. The lowest BCUT2D eigenvalue weighted by Gasteiger charge is -2.32. The fourth-order valence-corrected chi connectivity index (χ4v) is 3.71. The van der Waals surface area contributed by atoms with E-state index < -0.39 is 18.3 Å². The first-order valence-corrected chi connectivity index (χ1v) is 11.9. The Morgan fingerprint density at radius 1 is 1.24 bits per heavy atom. The third-order valence-corrected chi connectivity index (χ3v) is 6.71. The van der Waals surface area contributed by atoms with Gasteiger partial charge in [0.2, 0.25) is 0 Å². The van der Waals surface area contributed by atoms with Crippen LogP contribution in [0.25, 0.3) is 11.1 Å². The molecule has 3 rings (SSSR count). The van der Waals surface area contributed by atoms with Gasteiger partial charge in [-0.3, -0.25) is 0 Å². The van der Waals surface area contributed by atoms with Gasteiger partial charge in [-0.05, 0) is 61.9 Å². The summed E-state index contributed by atoms with van der Waals surface area (Å²) in [5.41, 5.74) is 0.699. The zero-order chi connectivity index (χ0) is 18.4. The van der Waals surface area contributed by atoms with Gasteiger partial charge in [0.25, 0.3) is 0 Å². The molecule has 1 saturated heterocycles. The van der Waals surface area contributed by atoms with E-state index in [4.69, 9.17) is 14.0 Å². The van der Waals surface area contributed by atoms with Crippen LogP contribution in [0.4, 0.5) is 4.39 Å². The van der Waals surface area contributed by atoms with E-state index in [0.717, 1.165) is 0 Å². The zero-order valence-corrected chi connectivity index (χ0v) is 17.9. The van der Waals surface area contributed by atoms with Crippen molar-refractivity contribution in [3.05, 3.63) is 30.3 Å². The second-order valence-electron chi connectivity index (χ2n) is 6.92. The Morgan fingerprint density at radius 2 is 1.88 bits per heavy atom. The van der Waals surface area contributed by atoms with Crippen molar-refractivity contribution < 1.29 is 18.4 Å². The summed E-state index contributed by atoms with van der Waals surface area (Å²) < 4.78 is 34.1. The summed E-state index contributed by atoms with van der Waals surface area (Å²) in [5.74, 6) is 0.168. The molecular weight excluding hydrogens is 456 g/mol. The lowest BCUT2D eigenvalue weighted by atomic mass is 9.77. The first-order chi connectivity index (χ1) is 11.7. The lowest BCUT2D eigenvalue weighted by molar-refractivity contribution is 0.00578. The van der Waals surface area contributed by atoms with E-state index >= 15 is 0 Å². The molecule has 0 radical (unpaired) electrons. The van der Waals surface area contributed by atoms with Gasteiger partial charge in [0.1, 0.15) is 11.6 Å². The topological polar surface area (TPSA) is 45.5 Å². The van der Waals surface area contributed by atoms with E-state index in [2.05, 4.69) is 27.1 Å². The summed E-state index contributed by atoms with van der Waals surface area (Å²) in [6.07, 6.45) is 3.93. The number of hydrogen-bond acceptors (Lipinski definition) is 4. The van der Waals surface area contributed by atoms with Gasteiger partial charge in [0.05, 0.1) is 30.9 Å². The van der Waals surface area contributed by atoms with Crippen LogP contribution >= 0.6 is 28.4 Å². The Kier molecular flexibility index (Phi) is 5.19. The first-order valence-electron chi connectivity index (χ1n) is 7.83. The van der Waals surface area contributed by atoms with Crippen LogP contribution in [-0.4, -0.2) is 35.0 Å². The second kappa shape index (κ2) is 6.80. The third-order valence-electron chi connectivity index (χ3n) is 4.81. The smallest absolute Gasteiger partial charge is 0.497 e. The largest absolute Gasteiger partial charge is 0.498 e. The van der Waals surface area contributed by atoms with Crippen LogP contribution in [0.15, 0.2) is 24.5 Å². The van der Waals surface area contributed by atoms with Gasteiger partial charge in [-0.2, -0.15) is 5.10 Å². The van der Waals surface area contributed by atoms with Crippen molar-refractivity contribution in [2.75, 3.05) is 7.11 Å². The highest BCUT2D eigenvalue weighted by Crippen LogP contribution is 2.38. The van der Waals surface area contributed by atoms with Crippen molar-refractivity contribution >= 4 is 41.0 Å². The molecule has 2 heterocycles. The van der Waals surface area contributed by atoms with Crippen molar-refractivity contribution in [3.63, 3.8) is 0 Å². The molecule has 1 aromatic carbocycles. The number of hydrogen-bond donors (Lipinski definition) is 0. The van der Waals surface area contributed by atoms with Gasteiger partial charge in [-0.25, -0.2) is 8.84 Å². The fourth-order valence-electron chi connectivity index (χ4n) is 2.63. The van der Waals surface area contributed by atoms with E-state index in [-0.39, 0.29) is 5.82 Å². The minimum Gasteiger partial charge on any atom is -0.497 e. The summed E-state index contributed by atoms with van der Waals surface area (Å²) in [6.45, 7) is 7.85. The summed E-state index contributed by atoms with van der Waals surface area (Å²) in [6, 6.07) is 3.10. The maximum absolute atomic E-state index is 14.8. The number of aromatic nitrogens is 2. The molecule has 1 aliphatic rings. The standard InChI is InChI=1S/C16H20BFIN2O3P/c1-15(2)16(3,4)24-17(23-15)12-7-13(18)11(6-14(12)22-5)10-8-20-21(9-10)25-19/h6-9,25H,1-5H3. The highest BCUT2D eigenvalue weighted by molar-refractivity contribution is 14.2. The van der Waals surface area contributed by atoms with Crippen molar-refractivity contribution in [3.8, 4) is 16.9 Å². The number of benzene rings is 1. The predicted molar refractivity (Wildman–Crippen MR) is 108 cm³/mol. The molecule has 1 fully saturated rings. The van der Waals surface area contributed by atoms with Crippen LogP contribution in [0.5, 0.6) is 5.75 Å². The Balaban J connectivity index is 2.01. The van der Waals surface area contributed by atoms with E-state index in [1.807, 2.05) is 33.9 Å². The zero-order valence-electron chi connectivity index (χ0n) is 14.8.